The van der Waals surface area contributed by atoms with Gasteiger partial charge in [-0.3, -0.25) is 4.79 Å². The van der Waals surface area contributed by atoms with E-state index in [9.17, 15) is 9.59 Å². The molecule has 0 radical (unpaired) electrons. The predicted molar refractivity (Wildman–Crippen MR) is 118 cm³/mol. The normalized spacial score (nSPS) is 23.7. The molecule has 6 nitrogen and oxygen atoms in total. The first-order valence-corrected chi connectivity index (χ1v) is 11.6. The van der Waals surface area contributed by atoms with Gasteiger partial charge in [-0.05, 0) is 81.8 Å². The third kappa shape index (κ3) is 5.09. The number of rotatable bonds is 6. The number of amides is 3. The molecule has 1 N–H and O–H groups in total. The summed E-state index contributed by atoms with van der Waals surface area (Å²) in [5.41, 5.74) is 1.70. The summed E-state index contributed by atoms with van der Waals surface area (Å²) in [7, 11) is 0. The van der Waals surface area contributed by atoms with Crippen LogP contribution in [-0.2, 0) is 11.3 Å². The molecule has 0 bridgehead atoms. The summed E-state index contributed by atoms with van der Waals surface area (Å²) in [4.78, 5) is 31.5. The molecule has 1 atom stereocenters. The Morgan fingerprint density at radius 2 is 1.77 bits per heavy atom. The number of carbonyl (C=O) groups is 2. The van der Waals surface area contributed by atoms with Crippen LogP contribution in [0.25, 0.3) is 0 Å². The van der Waals surface area contributed by atoms with E-state index in [4.69, 9.17) is 11.6 Å². The van der Waals surface area contributed by atoms with Gasteiger partial charge in [-0.2, -0.15) is 0 Å². The van der Waals surface area contributed by atoms with Crippen molar-refractivity contribution >= 4 is 23.5 Å². The van der Waals surface area contributed by atoms with Crippen LogP contribution >= 0.6 is 11.6 Å². The number of hydrogen-bond donors (Lipinski definition) is 1. The van der Waals surface area contributed by atoms with Gasteiger partial charge in [0.15, 0.2) is 0 Å². The number of piperidine rings is 1. The van der Waals surface area contributed by atoms with Crippen molar-refractivity contribution in [1.29, 1.82) is 0 Å². The minimum Gasteiger partial charge on any atom is -0.339 e. The smallest absolute Gasteiger partial charge is 0.318 e. The topological polar surface area (TPSA) is 55.9 Å². The zero-order valence-corrected chi connectivity index (χ0v) is 18.7. The van der Waals surface area contributed by atoms with Gasteiger partial charge in [0.05, 0.1) is 0 Å². The highest BCUT2D eigenvalue weighted by Crippen LogP contribution is 2.53. The average Bonchev–Trinajstić information content (AvgIpc) is 3.51. The fourth-order valence-electron chi connectivity index (χ4n) is 4.72. The van der Waals surface area contributed by atoms with Crippen molar-refractivity contribution in [3.8, 4) is 0 Å². The van der Waals surface area contributed by atoms with E-state index in [-0.39, 0.29) is 11.9 Å². The van der Waals surface area contributed by atoms with Gasteiger partial charge in [0.25, 0.3) is 0 Å². The zero-order chi connectivity index (χ0) is 21.1. The number of likely N-dealkylation sites (tertiary alicyclic amines) is 1. The second-order valence-corrected chi connectivity index (χ2v) is 9.61. The summed E-state index contributed by atoms with van der Waals surface area (Å²) >= 11 is 5.90. The Morgan fingerprint density at radius 3 is 2.43 bits per heavy atom. The standard InChI is InChI=1S/C23H33ClN4O2/c1-18-21(29)27(12-2-11-26-13-9-23(7-8-23)10-14-26)15-16-28(18)22(30)25-17-19-3-5-20(24)6-4-19/h3-6,18H,2,7-17H2,1H3,(H,25,30). The molecule has 2 heterocycles. The lowest BCUT2D eigenvalue weighted by molar-refractivity contribution is -0.139. The molecule has 4 rings (SSSR count). The fourth-order valence-corrected chi connectivity index (χ4v) is 4.85. The number of carbonyl (C=O) groups excluding carboxylic acids is 2. The molecule has 2 saturated heterocycles. The Bertz CT molecular complexity index is 755. The van der Waals surface area contributed by atoms with Gasteiger partial charge >= 0.3 is 6.03 Å². The molecule has 3 fully saturated rings. The van der Waals surface area contributed by atoms with Crippen molar-refractivity contribution in [1.82, 2.24) is 20.0 Å². The highest BCUT2D eigenvalue weighted by molar-refractivity contribution is 6.30. The third-order valence-electron chi connectivity index (χ3n) is 7.14. The Kier molecular flexibility index (Phi) is 6.54. The van der Waals surface area contributed by atoms with E-state index in [0.717, 1.165) is 25.1 Å². The lowest BCUT2D eigenvalue weighted by Gasteiger charge is -2.39. The first-order valence-electron chi connectivity index (χ1n) is 11.3. The molecular weight excluding hydrogens is 400 g/mol. The van der Waals surface area contributed by atoms with Crippen LogP contribution < -0.4 is 5.32 Å². The number of hydrogen-bond acceptors (Lipinski definition) is 3. The van der Waals surface area contributed by atoms with Crippen LogP contribution in [0.5, 0.6) is 0 Å². The number of piperazine rings is 1. The number of urea groups is 1. The summed E-state index contributed by atoms with van der Waals surface area (Å²) in [6.45, 7) is 7.72. The van der Waals surface area contributed by atoms with E-state index in [2.05, 4.69) is 10.2 Å². The van der Waals surface area contributed by atoms with Crippen molar-refractivity contribution in [2.45, 2.75) is 51.6 Å². The van der Waals surface area contributed by atoms with E-state index in [1.807, 2.05) is 36.1 Å². The molecule has 1 aromatic rings. The lowest BCUT2D eigenvalue weighted by Crippen LogP contribution is -2.59. The van der Waals surface area contributed by atoms with Gasteiger partial charge < -0.3 is 20.0 Å². The van der Waals surface area contributed by atoms with Gasteiger partial charge in [0.1, 0.15) is 6.04 Å². The maximum Gasteiger partial charge on any atom is 0.318 e. The van der Waals surface area contributed by atoms with Crippen molar-refractivity contribution < 1.29 is 9.59 Å². The maximum atomic E-state index is 12.8. The van der Waals surface area contributed by atoms with Gasteiger partial charge in [-0.15, -0.1) is 0 Å². The van der Waals surface area contributed by atoms with Gasteiger partial charge in [0.2, 0.25) is 5.91 Å². The maximum absolute atomic E-state index is 12.8. The molecule has 30 heavy (non-hydrogen) atoms. The number of nitrogens with one attached hydrogen (secondary N) is 1. The number of benzene rings is 1. The molecule has 3 amide bonds. The van der Waals surface area contributed by atoms with E-state index in [1.165, 1.54) is 38.8 Å². The van der Waals surface area contributed by atoms with Crippen LogP contribution in [0.1, 0.15) is 44.6 Å². The minimum absolute atomic E-state index is 0.0541. The van der Waals surface area contributed by atoms with Gasteiger partial charge in [0, 0.05) is 31.2 Å². The highest BCUT2D eigenvalue weighted by Gasteiger charge is 2.44. The van der Waals surface area contributed by atoms with E-state index in [0.29, 0.717) is 30.1 Å². The first-order chi connectivity index (χ1) is 14.5. The zero-order valence-electron chi connectivity index (χ0n) is 17.9. The number of nitrogens with zero attached hydrogens (tertiary/aromatic N) is 3. The Balaban J connectivity index is 1.18. The average molecular weight is 433 g/mol. The van der Waals surface area contributed by atoms with Crippen LogP contribution in [0.15, 0.2) is 24.3 Å². The van der Waals surface area contributed by atoms with Gasteiger partial charge in [-0.1, -0.05) is 23.7 Å². The third-order valence-corrected chi connectivity index (χ3v) is 7.39. The first kappa shape index (κ1) is 21.4. The summed E-state index contributed by atoms with van der Waals surface area (Å²) in [6.07, 6.45) is 6.59. The largest absolute Gasteiger partial charge is 0.339 e. The molecule has 1 aliphatic carbocycles. The van der Waals surface area contributed by atoms with E-state index >= 15 is 0 Å². The SMILES string of the molecule is CC1C(=O)N(CCCN2CCC3(CC2)CC3)CCN1C(=O)NCc1ccc(Cl)cc1. The van der Waals surface area contributed by atoms with Crippen molar-refractivity contribution in [2.24, 2.45) is 5.41 Å². The fraction of sp³-hybridized carbons (Fsp3) is 0.652. The van der Waals surface area contributed by atoms with Crippen LogP contribution in [0.2, 0.25) is 5.02 Å². The summed E-state index contributed by atoms with van der Waals surface area (Å²) < 4.78 is 0. The molecule has 2 aliphatic heterocycles. The molecule has 7 heteroatoms. The van der Waals surface area contributed by atoms with E-state index in [1.54, 1.807) is 4.90 Å². The Labute approximate surface area is 184 Å². The van der Waals surface area contributed by atoms with Crippen LogP contribution in [0, 0.1) is 5.41 Å². The summed E-state index contributed by atoms with van der Waals surface area (Å²) in [5, 5.41) is 3.59. The molecule has 164 valence electrons. The van der Waals surface area contributed by atoms with Crippen LogP contribution in [0.3, 0.4) is 0 Å². The predicted octanol–water partition coefficient (Wildman–Crippen LogP) is 3.35. The van der Waals surface area contributed by atoms with Crippen molar-refractivity contribution in [3.05, 3.63) is 34.9 Å². The molecule has 3 aliphatic rings. The van der Waals surface area contributed by atoms with Crippen LogP contribution in [0.4, 0.5) is 4.79 Å². The summed E-state index contributed by atoms with van der Waals surface area (Å²) in [6, 6.07) is 6.79. The highest BCUT2D eigenvalue weighted by atomic mass is 35.5. The molecule has 1 saturated carbocycles. The molecule has 1 aromatic carbocycles. The Morgan fingerprint density at radius 1 is 1.07 bits per heavy atom. The minimum atomic E-state index is -0.423. The van der Waals surface area contributed by atoms with Crippen LogP contribution in [-0.4, -0.2) is 71.9 Å². The monoisotopic (exact) mass is 432 g/mol. The second kappa shape index (κ2) is 9.15. The van der Waals surface area contributed by atoms with E-state index < -0.39 is 6.04 Å². The molecular formula is C23H33ClN4O2. The Hall–Kier alpha value is -1.79. The second-order valence-electron chi connectivity index (χ2n) is 9.18. The quantitative estimate of drug-likeness (QED) is 0.750. The lowest BCUT2D eigenvalue weighted by atomic mass is 9.94. The molecule has 1 spiro atoms. The van der Waals surface area contributed by atoms with Crippen molar-refractivity contribution in [3.63, 3.8) is 0 Å². The molecule has 1 unspecified atom stereocenters. The molecule has 0 aromatic heterocycles. The number of halogens is 1. The van der Waals surface area contributed by atoms with Crippen molar-refractivity contribution in [2.75, 3.05) is 39.3 Å². The summed E-state index contributed by atoms with van der Waals surface area (Å²) in [5.74, 6) is 0.0541. The van der Waals surface area contributed by atoms with Gasteiger partial charge in [-0.25, -0.2) is 4.79 Å².